The van der Waals surface area contributed by atoms with E-state index < -0.39 is 17.3 Å². The molecule has 17 heavy (non-hydrogen) atoms. The third-order valence-electron chi connectivity index (χ3n) is 3.63. The quantitative estimate of drug-likeness (QED) is 0.879. The molecule has 0 unspecified atom stereocenters. The summed E-state index contributed by atoms with van der Waals surface area (Å²) in [4.78, 5) is 11.1. The van der Waals surface area contributed by atoms with Crippen molar-refractivity contribution in [3.63, 3.8) is 0 Å². The van der Waals surface area contributed by atoms with E-state index in [4.69, 9.17) is 5.11 Å². The second kappa shape index (κ2) is 3.79. The van der Waals surface area contributed by atoms with Gasteiger partial charge in [0.05, 0.1) is 0 Å². The van der Waals surface area contributed by atoms with E-state index in [2.05, 4.69) is 0 Å². The molecule has 1 aromatic rings. The number of carbonyl (C=O) groups is 1. The summed E-state index contributed by atoms with van der Waals surface area (Å²) in [5.41, 5.74) is -1.23. The highest BCUT2D eigenvalue weighted by molar-refractivity contribution is 5.77. The van der Waals surface area contributed by atoms with Gasteiger partial charge in [-0.15, -0.1) is 0 Å². The molecule has 0 spiro atoms. The van der Waals surface area contributed by atoms with E-state index in [0.717, 1.165) is 5.56 Å². The lowest BCUT2D eigenvalue weighted by Crippen LogP contribution is -2.50. The van der Waals surface area contributed by atoms with Gasteiger partial charge in [0.2, 0.25) is 0 Å². The van der Waals surface area contributed by atoms with Gasteiger partial charge in [0.15, 0.2) is 0 Å². The van der Waals surface area contributed by atoms with Crippen LogP contribution in [-0.4, -0.2) is 11.1 Å². The van der Waals surface area contributed by atoms with Crippen molar-refractivity contribution in [1.29, 1.82) is 0 Å². The van der Waals surface area contributed by atoms with Crippen LogP contribution in [0.5, 0.6) is 0 Å². The van der Waals surface area contributed by atoms with Gasteiger partial charge in [0.25, 0.3) is 5.92 Å². The Hall–Kier alpha value is -1.45. The average molecular weight is 240 g/mol. The molecule has 1 N–H and O–H groups in total. The minimum absolute atomic E-state index is 0.0449. The minimum Gasteiger partial charge on any atom is -0.481 e. The maximum absolute atomic E-state index is 14.3. The lowest BCUT2D eigenvalue weighted by atomic mass is 9.63. The van der Waals surface area contributed by atoms with Crippen molar-refractivity contribution >= 4 is 5.97 Å². The summed E-state index contributed by atoms with van der Waals surface area (Å²) < 4.78 is 28.5. The first kappa shape index (κ1) is 12.0. The number of benzene rings is 1. The van der Waals surface area contributed by atoms with Crippen molar-refractivity contribution in [2.75, 3.05) is 0 Å². The summed E-state index contributed by atoms with van der Waals surface area (Å²) in [6, 6.07) is 5.80. The molecule has 0 saturated heterocycles. The summed E-state index contributed by atoms with van der Waals surface area (Å²) in [5.74, 6) is -4.69. The Balaban J connectivity index is 2.41. The predicted octanol–water partition coefficient (Wildman–Crippen LogP) is 3.34. The molecule has 2 nitrogen and oxygen atoms in total. The Morgan fingerprint density at radius 2 is 1.82 bits per heavy atom. The van der Waals surface area contributed by atoms with Crippen LogP contribution in [0.2, 0.25) is 0 Å². The molecule has 1 aromatic carbocycles. The molecule has 1 aliphatic rings. The largest absolute Gasteiger partial charge is 0.481 e. The van der Waals surface area contributed by atoms with Crippen molar-refractivity contribution in [3.05, 3.63) is 35.4 Å². The summed E-state index contributed by atoms with van der Waals surface area (Å²) in [7, 11) is 0. The molecule has 0 aliphatic heterocycles. The Morgan fingerprint density at radius 1 is 1.29 bits per heavy atom. The van der Waals surface area contributed by atoms with Crippen LogP contribution in [-0.2, 0) is 10.7 Å². The van der Waals surface area contributed by atoms with Gasteiger partial charge in [0.1, 0.15) is 5.41 Å². The zero-order valence-corrected chi connectivity index (χ0v) is 9.54. The van der Waals surface area contributed by atoms with E-state index in [1.54, 1.807) is 19.1 Å². The normalized spacial score (nSPS) is 18.5. The molecule has 0 heterocycles. The number of carboxylic acid groups (broad SMARTS) is 1. The number of hydrogen-bond acceptors (Lipinski definition) is 1. The smallest absolute Gasteiger partial charge is 0.316 e. The fourth-order valence-electron chi connectivity index (χ4n) is 2.23. The van der Waals surface area contributed by atoms with Crippen LogP contribution in [0.25, 0.3) is 0 Å². The Labute approximate surface area is 98.3 Å². The molecule has 0 atom stereocenters. The van der Waals surface area contributed by atoms with Crippen molar-refractivity contribution in [2.45, 2.75) is 32.1 Å². The van der Waals surface area contributed by atoms with E-state index in [1.807, 2.05) is 0 Å². The van der Waals surface area contributed by atoms with Gasteiger partial charge in [-0.1, -0.05) is 36.2 Å². The molecule has 1 saturated carbocycles. The fraction of sp³-hybridized carbons (Fsp3) is 0.462. The maximum atomic E-state index is 14.3. The van der Waals surface area contributed by atoms with Crippen molar-refractivity contribution < 1.29 is 18.7 Å². The average Bonchev–Trinajstić information content (AvgIpc) is 2.14. The highest BCUT2D eigenvalue weighted by atomic mass is 19.3. The number of rotatable bonds is 3. The van der Waals surface area contributed by atoms with Crippen molar-refractivity contribution in [2.24, 2.45) is 5.41 Å². The molecule has 0 radical (unpaired) electrons. The van der Waals surface area contributed by atoms with Crippen LogP contribution in [0.15, 0.2) is 24.3 Å². The zero-order valence-electron chi connectivity index (χ0n) is 9.54. The highest BCUT2D eigenvalue weighted by Crippen LogP contribution is 2.57. The van der Waals surface area contributed by atoms with Gasteiger partial charge >= 0.3 is 5.97 Å². The van der Waals surface area contributed by atoms with Crippen LogP contribution in [0.1, 0.15) is 30.4 Å². The van der Waals surface area contributed by atoms with Crippen LogP contribution in [0.3, 0.4) is 0 Å². The molecule has 2 rings (SSSR count). The van der Waals surface area contributed by atoms with E-state index in [9.17, 15) is 13.6 Å². The number of aryl methyl sites for hydroxylation is 1. The standard InChI is InChI=1S/C13H14F2O2/c1-9-3-5-10(6-4-9)13(14,15)12(11(16)17)7-2-8-12/h3-6H,2,7-8H2,1H3,(H,16,17). The second-order valence-electron chi connectivity index (χ2n) is 4.68. The van der Waals surface area contributed by atoms with Gasteiger partial charge in [-0.2, -0.15) is 0 Å². The number of carboxylic acids is 1. The predicted molar refractivity (Wildman–Crippen MR) is 59.0 cm³/mol. The van der Waals surface area contributed by atoms with Crippen LogP contribution >= 0.6 is 0 Å². The maximum Gasteiger partial charge on any atom is 0.316 e. The van der Waals surface area contributed by atoms with Gasteiger partial charge in [-0.3, -0.25) is 4.79 Å². The minimum atomic E-state index is -3.30. The SMILES string of the molecule is Cc1ccc(C(F)(F)C2(C(=O)O)CCC2)cc1. The molecule has 4 heteroatoms. The van der Waals surface area contributed by atoms with E-state index >= 15 is 0 Å². The number of aliphatic carboxylic acids is 1. The van der Waals surface area contributed by atoms with E-state index in [0.29, 0.717) is 6.42 Å². The van der Waals surface area contributed by atoms with Crippen molar-refractivity contribution in [1.82, 2.24) is 0 Å². The summed E-state index contributed by atoms with van der Waals surface area (Å²) in [6.07, 6.45) is 0.639. The van der Waals surface area contributed by atoms with Crippen LogP contribution < -0.4 is 0 Å². The first-order chi connectivity index (χ1) is 7.90. The molecular formula is C13H14F2O2. The lowest BCUT2D eigenvalue weighted by molar-refractivity contribution is -0.201. The van der Waals surface area contributed by atoms with Crippen molar-refractivity contribution in [3.8, 4) is 0 Å². The summed E-state index contributed by atoms with van der Waals surface area (Å²) >= 11 is 0. The summed E-state index contributed by atoms with van der Waals surface area (Å²) in [6.45, 7) is 1.80. The molecule has 92 valence electrons. The zero-order chi connectivity index (χ0) is 12.7. The second-order valence-corrected chi connectivity index (χ2v) is 4.68. The Morgan fingerprint density at radius 3 is 2.18 bits per heavy atom. The van der Waals surface area contributed by atoms with Gasteiger partial charge < -0.3 is 5.11 Å². The Kier molecular flexibility index (Phi) is 2.68. The van der Waals surface area contributed by atoms with Gasteiger partial charge in [-0.05, 0) is 19.8 Å². The molecule has 1 fully saturated rings. The first-order valence-corrected chi connectivity index (χ1v) is 5.58. The van der Waals surface area contributed by atoms with Crippen LogP contribution in [0.4, 0.5) is 8.78 Å². The lowest BCUT2D eigenvalue weighted by Gasteiger charge is -2.43. The molecule has 0 aromatic heterocycles. The van der Waals surface area contributed by atoms with Gasteiger partial charge in [-0.25, -0.2) is 8.78 Å². The van der Waals surface area contributed by atoms with Crippen LogP contribution in [0, 0.1) is 12.3 Å². The monoisotopic (exact) mass is 240 g/mol. The van der Waals surface area contributed by atoms with E-state index in [1.165, 1.54) is 12.1 Å². The molecule has 0 amide bonds. The third-order valence-corrected chi connectivity index (χ3v) is 3.63. The summed E-state index contributed by atoms with van der Waals surface area (Å²) in [5, 5.41) is 9.06. The number of hydrogen-bond donors (Lipinski definition) is 1. The third kappa shape index (κ3) is 1.63. The number of alkyl halides is 2. The molecular weight excluding hydrogens is 226 g/mol. The highest BCUT2D eigenvalue weighted by Gasteiger charge is 2.63. The molecule has 0 bridgehead atoms. The topological polar surface area (TPSA) is 37.3 Å². The number of halogens is 2. The van der Waals surface area contributed by atoms with Gasteiger partial charge in [0, 0.05) is 5.56 Å². The Bertz CT molecular complexity index is 433. The molecule has 1 aliphatic carbocycles. The first-order valence-electron chi connectivity index (χ1n) is 5.58. The fourth-order valence-corrected chi connectivity index (χ4v) is 2.23. The van der Waals surface area contributed by atoms with E-state index in [-0.39, 0.29) is 18.4 Å².